The molecule has 3 heteroatoms. The number of rotatable bonds is 8. The standard InChI is InChI=1S/C19H24FNO/c1-15(14-16-9-11-18(20)12-10-16)21-19(8-5-13-22)17-6-3-2-4-7-17/h2-4,6-7,9-12,15,19,21-22H,5,8,13-14H2,1H3. The topological polar surface area (TPSA) is 32.3 Å². The zero-order valence-corrected chi connectivity index (χ0v) is 13.0. The van der Waals surface area contributed by atoms with Crippen LogP contribution in [0.25, 0.3) is 0 Å². The molecule has 2 aromatic rings. The summed E-state index contributed by atoms with van der Waals surface area (Å²) in [6.07, 6.45) is 2.52. The van der Waals surface area contributed by atoms with Crippen molar-refractivity contribution in [2.24, 2.45) is 0 Å². The third-order valence-corrected chi connectivity index (χ3v) is 3.79. The van der Waals surface area contributed by atoms with Gasteiger partial charge in [-0.3, -0.25) is 0 Å². The molecule has 2 atom stereocenters. The average Bonchev–Trinajstić information content (AvgIpc) is 2.54. The summed E-state index contributed by atoms with van der Waals surface area (Å²) in [5, 5.41) is 12.7. The van der Waals surface area contributed by atoms with Crippen molar-refractivity contribution in [2.45, 2.75) is 38.3 Å². The van der Waals surface area contributed by atoms with Gasteiger partial charge >= 0.3 is 0 Å². The highest BCUT2D eigenvalue weighted by molar-refractivity contribution is 5.20. The molecule has 0 heterocycles. The number of benzene rings is 2. The quantitative estimate of drug-likeness (QED) is 0.776. The number of hydrogen-bond donors (Lipinski definition) is 2. The van der Waals surface area contributed by atoms with E-state index in [2.05, 4.69) is 24.4 Å². The van der Waals surface area contributed by atoms with E-state index in [0.717, 1.165) is 24.8 Å². The molecule has 2 aromatic carbocycles. The second-order valence-electron chi connectivity index (χ2n) is 5.73. The van der Waals surface area contributed by atoms with Gasteiger partial charge in [0.1, 0.15) is 5.82 Å². The maximum Gasteiger partial charge on any atom is 0.123 e. The highest BCUT2D eigenvalue weighted by Gasteiger charge is 2.14. The number of aliphatic hydroxyl groups excluding tert-OH is 1. The fourth-order valence-electron chi connectivity index (χ4n) is 2.70. The van der Waals surface area contributed by atoms with E-state index in [0.29, 0.717) is 0 Å². The van der Waals surface area contributed by atoms with Crippen molar-refractivity contribution < 1.29 is 9.50 Å². The molecule has 2 N–H and O–H groups in total. The molecule has 0 amide bonds. The van der Waals surface area contributed by atoms with E-state index in [1.165, 1.54) is 17.7 Å². The highest BCUT2D eigenvalue weighted by atomic mass is 19.1. The van der Waals surface area contributed by atoms with Gasteiger partial charge in [0.25, 0.3) is 0 Å². The molecular formula is C19H24FNO. The average molecular weight is 301 g/mol. The van der Waals surface area contributed by atoms with Crippen molar-refractivity contribution in [2.75, 3.05) is 6.61 Å². The molecule has 2 unspecified atom stereocenters. The molecule has 0 aliphatic rings. The van der Waals surface area contributed by atoms with E-state index >= 15 is 0 Å². The van der Waals surface area contributed by atoms with Gasteiger partial charge in [-0.2, -0.15) is 0 Å². The second kappa shape index (κ2) is 8.66. The normalized spacial score (nSPS) is 13.8. The zero-order chi connectivity index (χ0) is 15.8. The third kappa shape index (κ3) is 5.24. The summed E-state index contributed by atoms with van der Waals surface area (Å²) in [5.74, 6) is -0.200. The third-order valence-electron chi connectivity index (χ3n) is 3.79. The largest absolute Gasteiger partial charge is 0.396 e. The van der Waals surface area contributed by atoms with E-state index in [9.17, 15) is 4.39 Å². The van der Waals surface area contributed by atoms with Gasteiger partial charge in [-0.05, 0) is 49.4 Å². The van der Waals surface area contributed by atoms with Crippen LogP contribution in [0.15, 0.2) is 54.6 Å². The Morgan fingerprint density at radius 3 is 2.36 bits per heavy atom. The minimum absolute atomic E-state index is 0.200. The van der Waals surface area contributed by atoms with Crippen molar-refractivity contribution >= 4 is 0 Å². The smallest absolute Gasteiger partial charge is 0.123 e. The molecule has 0 spiro atoms. The fraction of sp³-hybridized carbons (Fsp3) is 0.368. The first-order chi connectivity index (χ1) is 10.7. The highest BCUT2D eigenvalue weighted by Crippen LogP contribution is 2.19. The van der Waals surface area contributed by atoms with E-state index in [-0.39, 0.29) is 24.5 Å². The second-order valence-corrected chi connectivity index (χ2v) is 5.73. The summed E-state index contributed by atoms with van der Waals surface area (Å²) in [5.41, 5.74) is 2.36. The molecule has 0 bridgehead atoms. The minimum Gasteiger partial charge on any atom is -0.396 e. The Balaban J connectivity index is 1.98. The first kappa shape index (κ1) is 16.7. The summed E-state index contributed by atoms with van der Waals surface area (Å²) in [7, 11) is 0. The van der Waals surface area contributed by atoms with Crippen LogP contribution in [-0.4, -0.2) is 17.8 Å². The van der Waals surface area contributed by atoms with Crippen molar-refractivity contribution in [1.82, 2.24) is 5.32 Å². The molecule has 0 saturated carbocycles. The molecule has 2 nitrogen and oxygen atoms in total. The van der Waals surface area contributed by atoms with Crippen LogP contribution in [0.4, 0.5) is 4.39 Å². The molecule has 0 aliphatic carbocycles. The van der Waals surface area contributed by atoms with Crippen LogP contribution in [0.5, 0.6) is 0 Å². The van der Waals surface area contributed by atoms with Crippen molar-refractivity contribution in [1.29, 1.82) is 0 Å². The number of aliphatic hydroxyl groups is 1. The van der Waals surface area contributed by atoms with Crippen LogP contribution in [0.2, 0.25) is 0 Å². The van der Waals surface area contributed by atoms with Crippen LogP contribution in [0.1, 0.15) is 36.9 Å². The summed E-state index contributed by atoms with van der Waals surface area (Å²) >= 11 is 0. The Bertz CT molecular complexity index is 541. The molecule has 0 aromatic heterocycles. The predicted molar refractivity (Wildman–Crippen MR) is 88.2 cm³/mol. The van der Waals surface area contributed by atoms with Crippen molar-refractivity contribution in [3.8, 4) is 0 Å². The maximum absolute atomic E-state index is 13.0. The summed E-state index contributed by atoms with van der Waals surface area (Å²) in [4.78, 5) is 0. The maximum atomic E-state index is 13.0. The van der Waals surface area contributed by atoms with Gasteiger partial charge in [0.2, 0.25) is 0 Å². The Morgan fingerprint density at radius 1 is 1.05 bits per heavy atom. The Kier molecular flexibility index (Phi) is 6.56. The zero-order valence-electron chi connectivity index (χ0n) is 13.0. The SMILES string of the molecule is CC(Cc1ccc(F)cc1)NC(CCCO)c1ccccc1. The van der Waals surface area contributed by atoms with Gasteiger partial charge in [0.15, 0.2) is 0 Å². The molecule has 0 radical (unpaired) electrons. The van der Waals surface area contributed by atoms with Gasteiger partial charge in [0, 0.05) is 18.7 Å². The van der Waals surface area contributed by atoms with Gasteiger partial charge < -0.3 is 10.4 Å². The summed E-state index contributed by atoms with van der Waals surface area (Å²) in [6.45, 7) is 2.34. The van der Waals surface area contributed by atoms with Gasteiger partial charge in [-0.25, -0.2) is 4.39 Å². The molecular weight excluding hydrogens is 277 g/mol. The Morgan fingerprint density at radius 2 is 1.73 bits per heavy atom. The van der Waals surface area contributed by atoms with Gasteiger partial charge in [-0.15, -0.1) is 0 Å². The van der Waals surface area contributed by atoms with Gasteiger partial charge in [0.05, 0.1) is 0 Å². The minimum atomic E-state index is -0.200. The first-order valence-electron chi connectivity index (χ1n) is 7.85. The molecule has 0 fully saturated rings. The van der Waals surface area contributed by atoms with Crippen molar-refractivity contribution in [3.63, 3.8) is 0 Å². The van der Waals surface area contributed by atoms with Crippen LogP contribution < -0.4 is 5.32 Å². The molecule has 0 saturated heterocycles. The van der Waals surface area contributed by atoms with E-state index < -0.39 is 0 Å². The molecule has 22 heavy (non-hydrogen) atoms. The lowest BCUT2D eigenvalue weighted by Gasteiger charge is -2.24. The van der Waals surface area contributed by atoms with E-state index in [4.69, 9.17) is 5.11 Å². The lowest BCUT2D eigenvalue weighted by molar-refractivity contribution is 0.272. The van der Waals surface area contributed by atoms with E-state index in [1.54, 1.807) is 0 Å². The van der Waals surface area contributed by atoms with Crippen LogP contribution in [0.3, 0.4) is 0 Å². The monoisotopic (exact) mass is 301 g/mol. The van der Waals surface area contributed by atoms with Crippen molar-refractivity contribution in [3.05, 3.63) is 71.5 Å². The lowest BCUT2D eigenvalue weighted by atomic mass is 9.99. The summed E-state index contributed by atoms with van der Waals surface area (Å²) < 4.78 is 13.0. The molecule has 0 aliphatic heterocycles. The van der Waals surface area contributed by atoms with E-state index in [1.807, 2.05) is 30.3 Å². The van der Waals surface area contributed by atoms with Crippen LogP contribution >= 0.6 is 0 Å². The predicted octanol–water partition coefficient (Wildman–Crippen LogP) is 3.86. The number of halogens is 1. The Hall–Kier alpha value is -1.71. The van der Waals surface area contributed by atoms with Crippen LogP contribution in [-0.2, 0) is 6.42 Å². The number of nitrogens with one attached hydrogen (secondary N) is 1. The molecule has 2 rings (SSSR count). The number of hydrogen-bond acceptors (Lipinski definition) is 2. The van der Waals surface area contributed by atoms with Crippen LogP contribution in [0, 0.1) is 5.82 Å². The first-order valence-corrected chi connectivity index (χ1v) is 7.85. The lowest BCUT2D eigenvalue weighted by Crippen LogP contribution is -2.32. The summed E-state index contributed by atoms with van der Waals surface area (Å²) in [6, 6.07) is 17.5. The molecule has 118 valence electrons. The van der Waals surface area contributed by atoms with Gasteiger partial charge in [-0.1, -0.05) is 42.5 Å². The Labute approximate surface area is 132 Å². The fourth-order valence-corrected chi connectivity index (χ4v) is 2.70.